The lowest BCUT2D eigenvalue weighted by Crippen LogP contribution is -2.15. The number of benzene rings is 1. The molecular weight excluding hydrogens is 246 g/mol. The van der Waals surface area contributed by atoms with Gasteiger partial charge in [0.25, 0.3) is 0 Å². The molecule has 78 valence electrons. The molecule has 0 aromatic heterocycles. The Morgan fingerprint density at radius 2 is 2.29 bits per heavy atom. The maximum Gasteiger partial charge on any atom is 0.133 e. The van der Waals surface area contributed by atoms with Crippen LogP contribution < -0.4 is 10.1 Å². The minimum Gasteiger partial charge on any atom is -0.496 e. The number of methoxy groups -OCH3 is 1. The number of aliphatic hydroxyl groups excluding tert-OH is 1. The number of aliphatic hydroxyl groups is 1. The molecule has 1 aromatic rings. The van der Waals surface area contributed by atoms with Gasteiger partial charge in [-0.25, -0.2) is 0 Å². The molecule has 0 radical (unpaired) electrons. The lowest BCUT2D eigenvalue weighted by molar-refractivity contribution is 0.208. The minimum atomic E-state index is -0.351. The lowest BCUT2D eigenvalue weighted by Gasteiger charge is -2.10. The third-order valence-electron chi connectivity index (χ3n) is 1.75. The molecule has 4 heteroatoms. The number of halogens is 1. The zero-order valence-corrected chi connectivity index (χ0v) is 9.84. The Hall–Kier alpha value is -0.740. The molecule has 0 aliphatic carbocycles. The molecule has 1 rings (SSSR count). The Morgan fingerprint density at radius 3 is 2.79 bits per heavy atom. The second kappa shape index (κ2) is 5.22. The molecule has 0 aliphatic heterocycles. The van der Waals surface area contributed by atoms with Gasteiger partial charge in [-0.15, -0.1) is 0 Å². The van der Waals surface area contributed by atoms with E-state index in [0.29, 0.717) is 6.54 Å². The molecule has 0 aliphatic rings. The van der Waals surface area contributed by atoms with Gasteiger partial charge < -0.3 is 15.2 Å². The molecule has 0 spiro atoms. The molecule has 2 N–H and O–H groups in total. The van der Waals surface area contributed by atoms with Crippen molar-refractivity contribution in [3.05, 3.63) is 22.7 Å². The molecule has 0 saturated heterocycles. The first kappa shape index (κ1) is 11.3. The van der Waals surface area contributed by atoms with Crippen molar-refractivity contribution >= 4 is 21.6 Å². The number of anilines is 1. The van der Waals surface area contributed by atoms with Crippen LogP contribution in [0.5, 0.6) is 5.75 Å². The van der Waals surface area contributed by atoms with Gasteiger partial charge in [0.15, 0.2) is 0 Å². The molecule has 0 heterocycles. The van der Waals surface area contributed by atoms with Gasteiger partial charge in [0.05, 0.1) is 17.7 Å². The van der Waals surface area contributed by atoms with E-state index in [4.69, 9.17) is 9.84 Å². The Bertz CT molecular complexity index is 302. The summed E-state index contributed by atoms with van der Waals surface area (Å²) in [5.41, 5.74) is 0.957. The summed E-state index contributed by atoms with van der Waals surface area (Å²) in [5.74, 6) is 0.799. The molecule has 0 saturated carbocycles. The van der Waals surface area contributed by atoms with E-state index < -0.39 is 0 Å². The number of hydrogen-bond donors (Lipinski definition) is 2. The topological polar surface area (TPSA) is 41.5 Å². The molecule has 0 bridgehead atoms. The van der Waals surface area contributed by atoms with Crippen LogP contribution in [-0.2, 0) is 0 Å². The summed E-state index contributed by atoms with van der Waals surface area (Å²) < 4.78 is 6.00. The number of ether oxygens (including phenoxy) is 1. The highest BCUT2D eigenvalue weighted by molar-refractivity contribution is 9.10. The van der Waals surface area contributed by atoms with Gasteiger partial charge >= 0.3 is 0 Å². The Kier molecular flexibility index (Phi) is 4.22. The lowest BCUT2D eigenvalue weighted by atomic mass is 10.3. The quantitative estimate of drug-likeness (QED) is 0.872. The van der Waals surface area contributed by atoms with E-state index in [1.165, 1.54) is 0 Å². The fourth-order valence-electron chi connectivity index (χ4n) is 1.04. The first-order valence-electron chi connectivity index (χ1n) is 4.39. The smallest absolute Gasteiger partial charge is 0.133 e. The van der Waals surface area contributed by atoms with E-state index in [1.807, 2.05) is 18.2 Å². The van der Waals surface area contributed by atoms with Crippen LogP contribution in [0.2, 0.25) is 0 Å². The maximum atomic E-state index is 9.08. The predicted octanol–water partition coefficient (Wildman–Crippen LogP) is 2.25. The van der Waals surface area contributed by atoms with Crippen molar-refractivity contribution in [1.82, 2.24) is 0 Å². The van der Waals surface area contributed by atoms with E-state index in [1.54, 1.807) is 14.0 Å². The summed E-state index contributed by atoms with van der Waals surface area (Å²) in [6.45, 7) is 2.28. The van der Waals surface area contributed by atoms with Crippen molar-refractivity contribution in [2.45, 2.75) is 13.0 Å². The summed E-state index contributed by atoms with van der Waals surface area (Å²) in [7, 11) is 1.63. The van der Waals surface area contributed by atoms with Crippen molar-refractivity contribution in [3.63, 3.8) is 0 Å². The summed E-state index contributed by atoms with van der Waals surface area (Å²) in [5, 5.41) is 12.2. The van der Waals surface area contributed by atoms with Crippen LogP contribution in [0.4, 0.5) is 5.69 Å². The summed E-state index contributed by atoms with van der Waals surface area (Å²) in [4.78, 5) is 0. The van der Waals surface area contributed by atoms with E-state index in [9.17, 15) is 0 Å². The highest BCUT2D eigenvalue weighted by Crippen LogP contribution is 2.27. The standard InChI is InChI=1S/C10H14BrNO2/c1-7(13)6-12-8-3-4-10(14-2)9(11)5-8/h3-5,7,12-13H,6H2,1-2H3. The molecular formula is C10H14BrNO2. The summed E-state index contributed by atoms with van der Waals surface area (Å²) >= 11 is 3.39. The predicted molar refractivity (Wildman–Crippen MR) is 60.9 cm³/mol. The third-order valence-corrected chi connectivity index (χ3v) is 2.37. The van der Waals surface area contributed by atoms with Crippen LogP contribution in [0.1, 0.15) is 6.92 Å². The minimum absolute atomic E-state index is 0.351. The zero-order chi connectivity index (χ0) is 10.6. The molecule has 0 fully saturated rings. The maximum absolute atomic E-state index is 9.08. The largest absolute Gasteiger partial charge is 0.496 e. The van der Waals surface area contributed by atoms with E-state index in [2.05, 4.69) is 21.2 Å². The van der Waals surface area contributed by atoms with Crippen LogP contribution in [-0.4, -0.2) is 24.9 Å². The van der Waals surface area contributed by atoms with Crippen LogP contribution in [0.15, 0.2) is 22.7 Å². The Morgan fingerprint density at radius 1 is 1.57 bits per heavy atom. The van der Waals surface area contributed by atoms with Crippen molar-refractivity contribution in [3.8, 4) is 5.75 Å². The Labute approximate surface area is 92.2 Å². The fraction of sp³-hybridized carbons (Fsp3) is 0.400. The van der Waals surface area contributed by atoms with E-state index in [-0.39, 0.29) is 6.10 Å². The zero-order valence-electron chi connectivity index (χ0n) is 8.25. The number of nitrogens with one attached hydrogen (secondary N) is 1. The van der Waals surface area contributed by atoms with Gasteiger partial charge in [0.1, 0.15) is 5.75 Å². The number of rotatable bonds is 4. The normalized spacial score (nSPS) is 12.3. The second-order valence-corrected chi connectivity index (χ2v) is 3.93. The molecule has 3 nitrogen and oxygen atoms in total. The summed E-state index contributed by atoms with van der Waals surface area (Å²) in [6, 6.07) is 5.70. The van der Waals surface area contributed by atoms with Gasteiger partial charge in [0.2, 0.25) is 0 Å². The van der Waals surface area contributed by atoms with Gasteiger partial charge in [-0.1, -0.05) is 0 Å². The molecule has 14 heavy (non-hydrogen) atoms. The first-order chi connectivity index (χ1) is 6.63. The van der Waals surface area contributed by atoms with Gasteiger partial charge in [-0.2, -0.15) is 0 Å². The molecule has 1 aromatic carbocycles. The molecule has 0 amide bonds. The molecule has 1 atom stereocenters. The van der Waals surface area contributed by atoms with E-state index >= 15 is 0 Å². The summed E-state index contributed by atoms with van der Waals surface area (Å²) in [6.07, 6.45) is -0.351. The Balaban J connectivity index is 2.66. The van der Waals surface area contributed by atoms with Crippen molar-refractivity contribution in [2.75, 3.05) is 19.0 Å². The average Bonchev–Trinajstić information content (AvgIpc) is 2.15. The van der Waals surface area contributed by atoms with Crippen molar-refractivity contribution < 1.29 is 9.84 Å². The number of hydrogen-bond acceptors (Lipinski definition) is 3. The van der Waals surface area contributed by atoms with Crippen molar-refractivity contribution in [2.24, 2.45) is 0 Å². The first-order valence-corrected chi connectivity index (χ1v) is 5.18. The highest BCUT2D eigenvalue weighted by atomic mass is 79.9. The van der Waals surface area contributed by atoms with Gasteiger partial charge in [-0.05, 0) is 41.1 Å². The van der Waals surface area contributed by atoms with Crippen molar-refractivity contribution in [1.29, 1.82) is 0 Å². The van der Waals surface area contributed by atoms with Crippen LogP contribution in [0.25, 0.3) is 0 Å². The van der Waals surface area contributed by atoms with Crippen LogP contribution >= 0.6 is 15.9 Å². The van der Waals surface area contributed by atoms with Crippen LogP contribution in [0, 0.1) is 0 Å². The highest BCUT2D eigenvalue weighted by Gasteiger charge is 2.01. The second-order valence-electron chi connectivity index (χ2n) is 3.08. The van der Waals surface area contributed by atoms with E-state index in [0.717, 1.165) is 15.9 Å². The van der Waals surface area contributed by atoms with Crippen LogP contribution in [0.3, 0.4) is 0 Å². The fourth-order valence-corrected chi connectivity index (χ4v) is 1.58. The average molecular weight is 260 g/mol. The molecule has 1 unspecified atom stereocenters. The SMILES string of the molecule is COc1ccc(NCC(C)O)cc1Br. The third kappa shape index (κ3) is 3.20. The monoisotopic (exact) mass is 259 g/mol. The van der Waals surface area contributed by atoms with Gasteiger partial charge in [0, 0.05) is 12.2 Å². The van der Waals surface area contributed by atoms with Gasteiger partial charge in [-0.3, -0.25) is 0 Å².